The van der Waals surface area contributed by atoms with Crippen LogP contribution in [0.5, 0.6) is 0 Å². The molecule has 1 aliphatic rings. The van der Waals surface area contributed by atoms with Gasteiger partial charge in [0.2, 0.25) is 5.91 Å². The third-order valence-electron chi connectivity index (χ3n) is 2.91. The molecule has 3 N–H and O–H groups in total. The Bertz CT molecular complexity index is 367. The maximum atomic E-state index is 11.8. The van der Waals surface area contributed by atoms with E-state index >= 15 is 0 Å². The molecule has 0 aromatic rings. The molecule has 0 aromatic carbocycles. The maximum absolute atomic E-state index is 11.8. The summed E-state index contributed by atoms with van der Waals surface area (Å²) in [7, 11) is 0. The van der Waals surface area contributed by atoms with Crippen LogP contribution in [-0.4, -0.2) is 46.3 Å². The number of carbonyl (C=O) groups excluding carboxylic acids is 1. The predicted octanol–water partition coefficient (Wildman–Crippen LogP) is 0.234. The lowest BCUT2D eigenvalue weighted by Crippen LogP contribution is -2.46. The van der Waals surface area contributed by atoms with Gasteiger partial charge in [-0.05, 0) is 25.2 Å². The number of aliphatic carboxylic acids is 2. The summed E-state index contributed by atoms with van der Waals surface area (Å²) in [6, 6.07) is -0.972. The summed E-state index contributed by atoms with van der Waals surface area (Å²) in [5.41, 5.74) is 0. The van der Waals surface area contributed by atoms with Crippen molar-refractivity contribution in [2.24, 2.45) is 5.92 Å². The van der Waals surface area contributed by atoms with Gasteiger partial charge in [-0.1, -0.05) is 13.8 Å². The van der Waals surface area contributed by atoms with Crippen LogP contribution in [0.15, 0.2) is 0 Å². The second kappa shape index (κ2) is 6.51. The number of amides is 1. The quantitative estimate of drug-likeness (QED) is 0.638. The normalized spacial score (nSPS) is 24.2. The van der Waals surface area contributed by atoms with E-state index in [4.69, 9.17) is 14.9 Å². The number of hydrogen-bond donors (Lipinski definition) is 3. The summed E-state index contributed by atoms with van der Waals surface area (Å²) in [6.45, 7) is 3.71. The van der Waals surface area contributed by atoms with Gasteiger partial charge in [-0.25, -0.2) is 9.59 Å². The lowest BCUT2D eigenvalue weighted by molar-refractivity contribution is -0.153. The number of rotatable bonds is 6. The van der Waals surface area contributed by atoms with Crippen LogP contribution in [0.3, 0.4) is 0 Å². The topological polar surface area (TPSA) is 113 Å². The van der Waals surface area contributed by atoms with E-state index in [0.29, 0.717) is 6.42 Å². The molecule has 0 spiro atoms. The van der Waals surface area contributed by atoms with E-state index in [0.717, 1.165) is 0 Å². The SMILES string of the molecule is CC(C)CC(NC(=O)[C@@H]1CC[C@H](C(=O)O)O1)C(=O)O. The highest BCUT2D eigenvalue weighted by Gasteiger charge is 2.36. The lowest BCUT2D eigenvalue weighted by Gasteiger charge is -2.18. The minimum Gasteiger partial charge on any atom is -0.480 e. The number of ether oxygens (including phenoxy) is 1. The second-order valence-electron chi connectivity index (χ2n) is 5.06. The fourth-order valence-electron chi connectivity index (χ4n) is 1.97. The molecular formula is C12H19NO6. The first-order valence-electron chi connectivity index (χ1n) is 6.22. The van der Waals surface area contributed by atoms with E-state index in [9.17, 15) is 14.4 Å². The van der Waals surface area contributed by atoms with Gasteiger partial charge in [0.15, 0.2) is 6.10 Å². The number of carboxylic acids is 2. The highest BCUT2D eigenvalue weighted by Crippen LogP contribution is 2.20. The van der Waals surface area contributed by atoms with Crippen molar-refractivity contribution < 1.29 is 29.3 Å². The minimum absolute atomic E-state index is 0.123. The molecule has 1 heterocycles. The van der Waals surface area contributed by atoms with Crippen LogP contribution in [-0.2, 0) is 19.1 Å². The van der Waals surface area contributed by atoms with Crippen molar-refractivity contribution in [3.63, 3.8) is 0 Å². The third-order valence-corrected chi connectivity index (χ3v) is 2.91. The van der Waals surface area contributed by atoms with Crippen LogP contribution in [0.25, 0.3) is 0 Å². The van der Waals surface area contributed by atoms with Gasteiger partial charge in [0.1, 0.15) is 12.1 Å². The molecule has 1 unspecified atom stereocenters. The van der Waals surface area contributed by atoms with Crippen LogP contribution < -0.4 is 5.32 Å². The van der Waals surface area contributed by atoms with Gasteiger partial charge < -0.3 is 20.3 Å². The summed E-state index contributed by atoms with van der Waals surface area (Å²) < 4.78 is 5.07. The molecule has 0 saturated carbocycles. The van der Waals surface area contributed by atoms with E-state index in [1.54, 1.807) is 0 Å². The predicted molar refractivity (Wildman–Crippen MR) is 64.6 cm³/mol. The Kier molecular flexibility index (Phi) is 5.29. The zero-order valence-electron chi connectivity index (χ0n) is 11.0. The molecule has 19 heavy (non-hydrogen) atoms. The summed E-state index contributed by atoms with van der Waals surface area (Å²) in [4.78, 5) is 33.5. The smallest absolute Gasteiger partial charge is 0.332 e. The number of nitrogens with one attached hydrogen (secondary N) is 1. The molecule has 1 amide bonds. The first-order valence-corrected chi connectivity index (χ1v) is 6.22. The zero-order valence-corrected chi connectivity index (χ0v) is 11.0. The van der Waals surface area contributed by atoms with Gasteiger partial charge in [-0.15, -0.1) is 0 Å². The van der Waals surface area contributed by atoms with Gasteiger partial charge in [0.25, 0.3) is 0 Å². The molecule has 0 radical (unpaired) electrons. The van der Waals surface area contributed by atoms with E-state index in [1.165, 1.54) is 0 Å². The Morgan fingerprint density at radius 1 is 1.21 bits per heavy atom. The molecule has 1 saturated heterocycles. The molecule has 7 heteroatoms. The van der Waals surface area contributed by atoms with Crippen molar-refractivity contribution in [2.75, 3.05) is 0 Å². The molecule has 7 nitrogen and oxygen atoms in total. The lowest BCUT2D eigenvalue weighted by atomic mass is 10.0. The van der Waals surface area contributed by atoms with Gasteiger partial charge >= 0.3 is 11.9 Å². The Hall–Kier alpha value is -1.63. The third kappa shape index (κ3) is 4.51. The van der Waals surface area contributed by atoms with E-state index < -0.39 is 36.1 Å². The molecule has 1 fully saturated rings. The molecule has 0 bridgehead atoms. The van der Waals surface area contributed by atoms with Crippen molar-refractivity contribution in [1.82, 2.24) is 5.32 Å². The maximum Gasteiger partial charge on any atom is 0.332 e. The molecular weight excluding hydrogens is 254 g/mol. The summed E-state index contributed by atoms with van der Waals surface area (Å²) in [6.07, 6.45) is -0.998. The average Bonchev–Trinajstić information content (AvgIpc) is 2.76. The summed E-state index contributed by atoms with van der Waals surface area (Å²) >= 11 is 0. The first kappa shape index (κ1) is 15.4. The Morgan fingerprint density at radius 2 is 1.79 bits per heavy atom. The monoisotopic (exact) mass is 273 g/mol. The van der Waals surface area contributed by atoms with Gasteiger partial charge in [0, 0.05) is 0 Å². The van der Waals surface area contributed by atoms with E-state index in [-0.39, 0.29) is 18.8 Å². The molecule has 1 rings (SSSR count). The summed E-state index contributed by atoms with van der Waals surface area (Å²) in [5.74, 6) is -2.64. The largest absolute Gasteiger partial charge is 0.480 e. The molecule has 108 valence electrons. The van der Waals surface area contributed by atoms with Crippen LogP contribution in [0.1, 0.15) is 33.1 Å². The standard InChI is InChI=1S/C12H19NO6/c1-6(2)5-7(11(15)16)13-10(14)8-3-4-9(19-8)12(17)18/h6-9H,3-5H2,1-2H3,(H,13,14)(H,15,16)(H,17,18)/t7?,8-,9+/m0/s1. The highest BCUT2D eigenvalue weighted by molar-refractivity contribution is 5.87. The fraction of sp³-hybridized carbons (Fsp3) is 0.750. The van der Waals surface area contributed by atoms with Crippen molar-refractivity contribution in [3.05, 3.63) is 0 Å². The summed E-state index contributed by atoms with van der Waals surface area (Å²) in [5, 5.41) is 20.1. The fourth-order valence-corrected chi connectivity index (χ4v) is 1.97. The number of hydrogen-bond acceptors (Lipinski definition) is 4. The van der Waals surface area contributed by atoms with Crippen LogP contribution in [0.2, 0.25) is 0 Å². The molecule has 1 aliphatic heterocycles. The van der Waals surface area contributed by atoms with Crippen LogP contribution in [0, 0.1) is 5.92 Å². The Balaban J connectivity index is 2.54. The molecule has 0 aliphatic carbocycles. The Labute approximate surface area is 110 Å². The van der Waals surface area contributed by atoms with Crippen molar-refractivity contribution in [3.8, 4) is 0 Å². The van der Waals surface area contributed by atoms with E-state index in [1.807, 2.05) is 13.8 Å². The first-order chi connectivity index (χ1) is 8.81. The average molecular weight is 273 g/mol. The van der Waals surface area contributed by atoms with Gasteiger partial charge in [-0.2, -0.15) is 0 Å². The minimum atomic E-state index is -1.10. The molecule has 3 atom stereocenters. The highest BCUT2D eigenvalue weighted by atomic mass is 16.5. The van der Waals surface area contributed by atoms with Crippen molar-refractivity contribution >= 4 is 17.8 Å². The van der Waals surface area contributed by atoms with Gasteiger partial charge in [0.05, 0.1) is 0 Å². The second-order valence-corrected chi connectivity index (χ2v) is 5.06. The van der Waals surface area contributed by atoms with Crippen LogP contribution in [0.4, 0.5) is 0 Å². The number of carbonyl (C=O) groups is 3. The Morgan fingerprint density at radius 3 is 2.21 bits per heavy atom. The van der Waals surface area contributed by atoms with Crippen molar-refractivity contribution in [2.45, 2.75) is 51.4 Å². The van der Waals surface area contributed by atoms with Gasteiger partial charge in [-0.3, -0.25) is 4.79 Å². The molecule has 0 aromatic heterocycles. The van der Waals surface area contributed by atoms with Crippen LogP contribution >= 0.6 is 0 Å². The zero-order chi connectivity index (χ0) is 14.6. The number of carboxylic acid groups (broad SMARTS) is 2. The van der Waals surface area contributed by atoms with Crippen molar-refractivity contribution in [1.29, 1.82) is 0 Å². The van der Waals surface area contributed by atoms with E-state index in [2.05, 4.69) is 5.32 Å².